The number of benzene rings is 2. The summed E-state index contributed by atoms with van der Waals surface area (Å²) in [5, 5.41) is 7.36. The van der Waals surface area contributed by atoms with Gasteiger partial charge in [-0.15, -0.1) is 0 Å². The van der Waals surface area contributed by atoms with Crippen LogP contribution >= 0.6 is 0 Å². The van der Waals surface area contributed by atoms with E-state index >= 15 is 0 Å². The average Bonchev–Trinajstić information content (AvgIpc) is 2.64. The lowest BCUT2D eigenvalue weighted by atomic mass is 9.79. The molecule has 2 nitrogen and oxygen atoms in total. The van der Waals surface area contributed by atoms with Crippen molar-refractivity contribution < 1.29 is 8.78 Å². The molecule has 0 bridgehead atoms. The highest BCUT2D eigenvalue weighted by Gasteiger charge is 2.21. The lowest BCUT2D eigenvalue weighted by Gasteiger charge is -2.26. The van der Waals surface area contributed by atoms with Crippen molar-refractivity contribution in [3.63, 3.8) is 0 Å². The van der Waals surface area contributed by atoms with Crippen molar-refractivity contribution in [3.8, 4) is 11.1 Å². The van der Waals surface area contributed by atoms with Gasteiger partial charge in [-0.25, -0.2) is 8.78 Å². The van der Waals surface area contributed by atoms with Gasteiger partial charge in [0.2, 0.25) is 0 Å². The number of hydrogen-bond donors (Lipinski definition) is 1. The van der Waals surface area contributed by atoms with Crippen LogP contribution in [0.1, 0.15) is 37.2 Å². The van der Waals surface area contributed by atoms with Gasteiger partial charge in [-0.1, -0.05) is 24.3 Å². The molecule has 0 atom stereocenters. The molecule has 2 aromatic rings. The van der Waals surface area contributed by atoms with E-state index in [0.29, 0.717) is 17.4 Å². The normalized spacial score (nSPS) is 20.6. The van der Waals surface area contributed by atoms with Gasteiger partial charge in [0, 0.05) is 5.56 Å². The Balaban J connectivity index is 1.81. The van der Waals surface area contributed by atoms with E-state index in [9.17, 15) is 8.78 Å². The molecule has 0 radical (unpaired) electrons. The summed E-state index contributed by atoms with van der Waals surface area (Å²) in [6.07, 6.45) is 5.79. The lowest BCUT2D eigenvalue weighted by Crippen LogP contribution is -2.13. The number of aliphatic imine (C=N–C) groups is 1. The highest BCUT2D eigenvalue weighted by atomic mass is 19.2. The summed E-state index contributed by atoms with van der Waals surface area (Å²) >= 11 is 0. The SMILES string of the molecule is C=Nc1ccc(-c2ccc(C3CCC(C=N)CC3)cc2)c(F)c1F. The Morgan fingerprint density at radius 3 is 2.21 bits per heavy atom. The molecular weight excluding hydrogens is 306 g/mol. The molecule has 1 saturated carbocycles. The molecule has 1 N–H and O–H groups in total. The summed E-state index contributed by atoms with van der Waals surface area (Å²) in [6.45, 7) is 3.24. The second-order valence-corrected chi connectivity index (χ2v) is 6.32. The standard InChI is InChI=1S/C20H20F2N2/c1-24-18-11-10-17(19(21)20(18)22)16-8-6-15(7-9-16)14-4-2-13(12-23)3-5-14/h6-14,23H,1-5H2. The molecule has 0 amide bonds. The van der Waals surface area contributed by atoms with Gasteiger partial charge in [-0.2, -0.15) is 0 Å². The van der Waals surface area contributed by atoms with Gasteiger partial charge in [0.15, 0.2) is 11.6 Å². The van der Waals surface area contributed by atoms with E-state index in [4.69, 9.17) is 5.41 Å². The number of nitrogens with one attached hydrogen (secondary N) is 1. The largest absolute Gasteiger partial charge is 0.313 e. The Hall–Kier alpha value is -2.36. The Morgan fingerprint density at radius 2 is 1.62 bits per heavy atom. The number of hydrogen-bond acceptors (Lipinski definition) is 2. The maximum atomic E-state index is 14.2. The van der Waals surface area contributed by atoms with Crippen LogP contribution in [0.2, 0.25) is 0 Å². The third-order valence-electron chi connectivity index (χ3n) is 4.93. The predicted octanol–water partition coefficient (Wildman–Crippen LogP) is 5.89. The zero-order chi connectivity index (χ0) is 17.1. The minimum absolute atomic E-state index is 0.0733. The van der Waals surface area contributed by atoms with Crippen LogP contribution in [-0.2, 0) is 0 Å². The Labute approximate surface area is 140 Å². The molecular formula is C20H20F2N2. The van der Waals surface area contributed by atoms with Crippen LogP contribution < -0.4 is 0 Å². The molecule has 0 saturated heterocycles. The minimum atomic E-state index is -0.962. The number of halogens is 2. The molecule has 1 aliphatic carbocycles. The highest BCUT2D eigenvalue weighted by Crippen LogP contribution is 2.36. The zero-order valence-electron chi connectivity index (χ0n) is 13.4. The van der Waals surface area contributed by atoms with Crippen LogP contribution in [0.3, 0.4) is 0 Å². The van der Waals surface area contributed by atoms with Crippen LogP contribution in [0.15, 0.2) is 41.4 Å². The molecule has 0 aliphatic heterocycles. The van der Waals surface area contributed by atoms with Gasteiger partial charge in [-0.05, 0) is 73.7 Å². The quantitative estimate of drug-likeness (QED) is 0.680. The molecule has 2 aromatic carbocycles. The van der Waals surface area contributed by atoms with Crippen molar-refractivity contribution in [2.24, 2.45) is 10.9 Å². The Morgan fingerprint density at radius 1 is 0.958 bits per heavy atom. The summed E-state index contributed by atoms with van der Waals surface area (Å²) in [5.74, 6) is -0.950. The van der Waals surface area contributed by atoms with Gasteiger partial charge >= 0.3 is 0 Å². The Kier molecular flexibility index (Phi) is 4.84. The number of rotatable bonds is 4. The van der Waals surface area contributed by atoms with Crippen LogP contribution in [0.5, 0.6) is 0 Å². The summed E-state index contributed by atoms with van der Waals surface area (Å²) in [4.78, 5) is 3.47. The molecule has 0 heterocycles. The summed E-state index contributed by atoms with van der Waals surface area (Å²) in [7, 11) is 0. The molecule has 3 rings (SSSR count). The van der Waals surface area contributed by atoms with Crippen molar-refractivity contribution in [1.82, 2.24) is 0 Å². The first kappa shape index (κ1) is 16.5. The van der Waals surface area contributed by atoms with Gasteiger partial charge in [0.25, 0.3) is 0 Å². The minimum Gasteiger partial charge on any atom is -0.313 e. The first-order chi connectivity index (χ1) is 11.6. The first-order valence-electron chi connectivity index (χ1n) is 8.19. The zero-order valence-corrected chi connectivity index (χ0v) is 13.4. The second-order valence-electron chi connectivity index (χ2n) is 6.32. The van der Waals surface area contributed by atoms with E-state index in [1.54, 1.807) is 6.21 Å². The fourth-order valence-electron chi connectivity index (χ4n) is 3.44. The van der Waals surface area contributed by atoms with Crippen molar-refractivity contribution in [3.05, 3.63) is 53.6 Å². The summed E-state index contributed by atoms with van der Waals surface area (Å²) < 4.78 is 28.0. The van der Waals surface area contributed by atoms with E-state index in [2.05, 4.69) is 11.7 Å². The van der Waals surface area contributed by atoms with E-state index < -0.39 is 11.6 Å². The highest BCUT2D eigenvalue weighted by molar-refractivity contribution is 5.67. The smallest absolute Gasteiger partial charge is 0.184 e. The maximum Gasteiger partial charge on any atom is 0.184 e. The van der Waals surface area contributed by atoms with Crippen LogP contribution in [-0.4, -0.2) is 12.9 Å². The van der Waals surface area contributed by atoms with Gasteiger partial charge in [-0.3, -0.25) is 4.99 Å². The monoisotopic (exact) mass is 326 g/mol. The van der Waals surface area contributed by atoms with E-state index in [-0.39, 0.29) is 11.3 Å². The van der Waals surface area contributed by atoms with E-state index in [0.717, 1.165) is 25.7 Å². The number of nitrogens with zero attached hydrogens (tertiary/aromatic N) is 1. The maximum absolute atomic E-state index is 14.2. The van der Waals surface area contributed by atoms with Gasteiger partial charge in [0.05, 0.1) is 0 Å². The topological polar surface area (TPSA) is 36.2 Å². The van der Waals surface area contributed by atoms with E-state index in [1.807, 2.05) is 24.3 Å². The first-order valence-corrected chi connectivity index (χ1v) is 8.19. The molecule has 0 aromatic heterocycles. The third kappa shape index (κ3) is 3.14. The second kappa shape index (κ2) is 7.04. The van der Waals surface area contributed by atoms with E-state index in [1.165, 1.54) is 17.7 Å². The van der Waals surface area contributed by atoms with Crippen LogP contribution in [0.25, 0.3) is 11.1 Å². The average molecular weight is 326 g/mol. The van der Waals surface area contributed by atoms with Crippen molar-refractivity contribution in [2.75, 3.05) is 0 Å². The molecule has 4 heteroatoms. The lowest BCUT2D eigenvalue weighted by molar-refractivity contribution is 0.396. The van der Waals surface area contributed by atoms with Crippen molar-refractivity contribution in [2.45, 2.75) is 31.6 Å². The molecule has 24 heavy (non-hydrogen) atoms. The van der Waals surface area contributed by atoms with Crippen molar-refractivity contribution in [1.29, 1.82) is 5.41 Å². The Bertz CT molecular complexity index is 745. The fourth-order valence-corrected chi connectivity index (χ4v) is 3.44. The van der Waals surface area contributed by atoms with Crippen LogP contribution in [0, 0.1) is 23.0 Å². The molecule has 124 valence electrons. The van der Waals surface area contributed by atoms with Crippen molar-refractivity contribution >= 4 is 18.6 Å². The molecule has 0 spiro atoms. The molecule has 0 unspecified atom stereocenters. The van der Waals surface area contributed by atoms with Crippen LogP contribution in [0.4, 0.5) is 14.5 Å². The molecule has 1 fully saturated rings. The molecule has 1 aliphatic rings. The summed E-state index contributed by atoms with van der Waals surface area (Å²) in [6, 6.07) is 10.7. The predicted molar refractivity (Wildman–Crippen MR) is 94.5 cm³/mol. The van der Waals surface area contributed by atoms with Gasteiger partial charge in [0.1, 0.15) is 5.69 Å². The summed E-state index contributed by atoms with van der Waals surface area (Å²) in [5.41, 5.74) is 2.04. The van der Waals surface area contributed by atoms with Gasteiger partial charge < -0.3 is 5.41 Å². The fraction of sp³-hybridized carbons (Fsp3) is 0.300. The third-order valence-corrected chi connectivity index (χ3v) is 4.93.